The summed E-state index contributed by atoms with van der Waals surface area (Å²) in [5, 5.41) is 17.3. The predicted octanol–water partition coefficient (Wildman–Crippen LogP) is 1.21. The lowest BCUT2D eigenvalue weighted by molar-refractivity contribution is 0.122. The van der Waals surface area contributed by atoms with Crippen molar-refractivity contribution in [1.29, 1.82) is 0 Å². The molecule has 0 saturated carbocycles. The molecule has 3 aromatic rings. The van der Waals surface area contributed by atoms with Gasteiger partial charge in [-0.15, -0.1) is 0 Å². The number of hydrogen-bond donors (Lipinski definition) is 3. The predicted molar refractivity (Wildman–Crippen MR) is 124 cm³/mol. The van der Waals surface area contributed by atoms with Crippen LogP contribution in [0.2, 0.25) is 0 Å². The first-order valence-electron chi connectivity index (χ1n) is 11.0. The molecule has 0 amide bonds. The van der Waals surface area contributed by atoms with Crippen molar-refractivity contribution in [3.8, 4) is 0 Å². The third kappa shape index (κ3) is 4.16. The molecule has 0 radical (unpaired) electrons. The van der Waals surface area contributed by atoms with Crippen LogP contribution in [0.5, 0.6) is 0 Å². The van der Waals surface area contributed by atoms with E-state index in [2.05, 4.69) is 36.5 Å². The first-order chi connectivity index (χ1) is 15.7. The van der Waals surface area contributed by atoms with Gasteiger partial charge in [-0.2, -0.15) is 0 Å². The van der Waals surface area contributed by atoms with E-state index in [4.69, 9.17) is 14.7 Å². The van der Waals surface area contributed by atoms with E-state index in [9.17, 15) is 5.11 Å². The number of rotatable bonds is 5. The lowest BCUT2D eigenvalue weighted by Gasteiger charge is -2.29. The molecule has 10 nitrogen and oxygen atoms in total. The number of nitrogens with one attached hydrogen (secondary N) is 2. The maximum absolute atomic E-state index is 9.79. The number of anilines is 4. The van der Waals surface area contributed by atoms with Crippen molar-refractivity contribution >= 4 is 34.2 Å². The van der Waals surface area contributed by atoms with Gasteiger partial charge in [-0.25, -0.2) is 19.9 Å². The summed E-state index contributed by atoms with van der Waals surface area (Å²) < 4.78 is 5.49. The number of nitrogens with zero attached hydrogens (tertiary/aromatic N) is 6. The molecule has 2 aliphatic heterocycles. The largest absolute Gasteiger partial charge is 0.390 e. The van der Waals surface area contributed by atoms with Crippen molar-refractivity contribution in [2.24, 2.45) is 0 Å². The number of ether oxygens (including phenoxy) is 1. The quantitative estimate of drug-likeness (QED) is 0.540. The Kier molecular flexibility index (Phi) is 5.97. The van der Waals surface area contributed by atoms with Gasteiger partial charge < -0.3 is 30.3 Å². The average Bonchev–Trinajstić information content (AvgIpc) is 2.86. The Morgan fingerprint density at radius 3 is 2.56 bits per heavy atom. The molecule has 5 rings (SSSR count). The third-order valence-corrected chi connectivity index (χ3v) is 6.01. The van der Waals surface area contributed by atoms with Crippen molar-refractivity contribution in [2.75, 3.05) is 67.6 Å². The molecular weight excluding hydrogens is 408 g/mol. The van der Waals surface area contributed by atoms with Gasteiger partial charge in [0.25, 0.3) is 0 Å². The molecule has 10 heteroatoms. The molecular formula is C22H28N8O2. The number of aliphatic hydroxyl groups is 1. The Bertz CT molecular complexity index is 1080. The molecule has 3 aromatic heterocycles. The molecule has 2 fully saturated rings. The van der Waals surface area contributed by atoms with E-state index in [0.29, 0.717) is 30.7 Å². The number of aliphatic hydroxyl groups excluding tert-OH is 1. The summed E-state index contributed by atoms with van der Waals surface area (Å²) in [6.07, 6.45) is 3.67. The van der Waals surface area contributed by atoms with Gasteiger partial charge in [0, 0.05) is 50.9 Å². The summed E-state index contributed by atoms with van der Waals surface area (Å²) in [5.41, 5.74) is 3.41. The Morgan fingerprint density at radius 1 is 1.03 bits per heavy atom. The lowest BCUT2D eigenvalue weighted by atomic mass is 10.1. The van der Waals surface area contributed by atoms with Crippen LogP contribution in [0.25, 0.3) is 10.9 Å². The van der Waals surface area contributed by atoms with Gasteiger partial charge in [0.2, 0.25) is 5.95 Å². The van der Waals surface area contributed by atoms with Crippen LogP contribution < -0.4 is 20.4 Å². The first kappa shape index (κ1) is 20.8. The van der Waals surface area contributed by atoms with Gasteiger partial charge in [0.15, 0.2) is 5.82 Å². The topological polar surface area (TPSA) is 112 Å². The monoisotopic (exact) mass is 436 g/mol. The number of pyridine rings is 2. The molecule has 32 heavy (non-hydrogen) atoms. The van der Waals surface area contributed by atoms with Crippen molar-refractivity contribution in [3.63, 3.8) is 0 Å². The Labute approximate surface area is 186 Å². The van der Waals surface area contributed by atoms with Crippen LogP contribution in [0.1, 0.15) is 11.3 Å². The van der Waals surface area contributed by atoms with E-state index in [1.807, 2.05) is 19.2 Å². The number of fused-ring (bicyclic) bond motifs is 1. The van der Waals surface area contributed by atoms with Crippen molar-refractivity contribution in [2.45, 2.75) is 13.5 Å². The van der Waals surface area contributed by atoms with Gasteiger partial charge in [-0.05, 0) is 24.6 Å². The molecule has 168 valence electrons. The first-order valence-corrected chi connectivity index (χ1v) is 11.0. The smallest absolute Gasteiger partial charge is 0.229 e. The summed E-state index contributed by atoms with van der Waals surface area (Å²) >= 11 is 0. The van der Waals surface area contributed by atoms with E-state index in [1.165, 1.54) is 0 Å². The fourth-order valence-electron chi connectivity index (χ4n) is 4.14. The van der Waals surface area contributed by atoms with Crippen molar-refractivity contribution in [3.05, 3.63) is 35.8 Å². The summed E-state index contributed by atoms with van der Waals surface area (Å²) in [5.74, 6) is 1.91. The minimum Gasteiger partial charge on any atom is -0.390 e. The van der Waals surface area contributed by atoms with Crippen LogP contribution in [0.3, 0.4) is 0 Å². The molecule has 0 bridgehead atoms. The molecule has 2 saturated heterocycles. The second-order valence-corrected chi connectivity index (χ2v) is 7.98. The van der Waals surface area contributed by atoms with Crippen LogP contribution in [0.15, 0.2) is 24.5 Å². The highest BCUT2D eigenvalue weighted by Gasteiger charge is 2.20. The zero-order chi connectivity index (χ0) is 21.9. The Morgan fingerprint density at radius 2 is 1.84 bits per heavy atom. The molecule has 5 heterocycles. The standard InChI is InChI=1S/C22H28N8O2/c1-15-17-13-25-22(27-19-3-2-16(12-24-19)29-6-4-23-5-7-29)28-20(17)21(26-18(15)14-31)30-8-10-32-11-9-30/h2-3,12-13,23,31H,4-11,14H2,1H3,(H,24,25,27,28). The molecule has 0 atom stereocenters. The number of hydrogen-bond acceptors (Lipinski definition) is 10. The van der Waals surface area contributed by atoms with Gasteiger partial charge in [-0.1, -0.05) is 0 Å². The van der Waals surface area contributed by atoms with Crippen LogP contribution in [0.4, 0.5) is 23.3 Å². The van der Waals surface area contributed by atoms with Crippen molar-refractivity contribution < 1.29 is 9.84 Å². The number of piperazine rings is 1. The normalized spacial score (nSPS) is 17.1. The molecule has 0 spiro atoms. The molecule has 2 aliphatic rings. The van der Waals surface area contributed by atoms with Crippen LogP contribution in [-0.4, -0.2) is 77.5 Å². The highest BCUT2D eigenvalue weighted by molar-refractivity contribution is 5.92. The molecule has 0 aliphatic carbocycles. The minimum atomic E-state index is -0.123. The Hall–Kier alpha value is -3.08. The maximum Gasteiger partial charge on any atom is 0.229 e. The average molecular weight is 437 g/mol. The second-order valence-electron chi connectivity index (χ2n) is 7.98. The fraction of sp³-hybridized carbons (Fsp3) is 0.455. The number of aromatic nitrogens is 4. The van der Waals surface area contributed by atoms with E-state index >= 15 is 0 Å². The SMILES string of the molecule is Cc1c(CO)nc(N2CCOCC2)c2nc(Nc3ccc(N4CCNCC4)cn3)ncc12. The second kappa shape index (κ2) is 9.19. The summed E-state index contributed by atoms with van der Waals surface area (Å²) in [7, 11) is 0. The zero-order valence-corrected chi connectivity index (χ0v) is 18.2. The summed E-state index contributed by atoms with van der Waals surface area (Å²) in [4.78, 5) is 23.1. The third-order valence-electron chi connectivity index (χ3n) is 6.01. The van der Waals surface area contributed by atoms with Crippen molar-refractivity contribution in [1.82, 2.24) is 25.3 Å². The van der Waals surface area contributed by atoms with Gasteiger partial charge >= 0.3 is 0 Å². The molecule has 3 N–H and O–H groups in total. The number of morpholine rings is 1. The highest BCUT2D eigenvalue weighted by atomic mass is 16.5. The fourth-order valence-corrected chi connectivity index (χ4v) is 4.14. The molecule has 0 unspecified atom stereocenters. The van der Waals surface area contributed by atoms with Crippen LogP contribution in [0, 0.1) is 6.92 Å². The number of aryl methyl sites for hydroxylation is 1. The highest BCUT2D eigenvalue weighted by Crippen LogP contribution is 2.29. The van der Waals surface area contributed by atoms with Crippen LogP contribution in [-0.2, 0) is 11.3 Å². The van der Waals surface area contributed by atoms with Gasteiger partial charge in [0.1, 0.15) is 11.3 Å². The minimum absolute atomic E-state index is 0.123. The van der Waals surface area contributed by atoms with Gasteiger partial charge in [0.05, 0.1) is 37.4 Å². The van der Waals surface area contributed by atoms with Gasteiger partial charge in [-0.3, -0.25) is 0 Å². The summed E-state index contributed by atoms with van der Waals surface area (Å²) in [6.45, 7) is 8.51. The van der Waals surface area contributed by atoms with Crippen LogP contribution >= 0.6 is 0 Å². The zero-order valence-electron chi connectivity index (χ0n) is 18.2. The molecule has 0 aromatic carbocycles. The van der Waals surface area contributed by atoms with E-state index < -0.39 is 0 Å². The van der Waals surface area contributed by atoms with E-state index in [-0.39, 0.29) is 6.61 Å². The maximum atomic E-state index is 9.79. The Balaban J connectivity index is 1.44. The lowest BCUT2D eigenvalue weighted by Crippen LogP contribution is -2.43. The summed E-state index contributed by atoms with van der Waals surface area (Å²) in [6, 6.07) is 4.02. The van der Waals surface area contributed by atoms with E-state index in [0.717, 1.165) is 67.2 Å². The van der Waals surface area contributed by atoms with E-state index in [1.54, 1.807) is 6.20 Å².